The number of pyridine rings is 1. The first kappa shape index (κ1) is 14.8. The first-order valence-corrected chi connectivity index (χ1v) is 7.28. The SMILES string of the molecule is CC(C)NCc1ccc(OC2CCCCNC2=O)cn1. The highest BCUT2D eigenvalue weighted by atomic mass is 16.5. The average Bonchev–Trinajstić information content (AvgIpc) is 2.63. The van der Waals surface area contributed by atoms with Crippen LogP contribution in [0.25, 0.3) is 0 Å². The summed E-state index contributed by atoms with van der Waals surface area (Å²) >= 11 is 0. The number of aromatic nitrogens is 1. The van der Waals surface area contributed by atoms with Crippen LogP contribution < -0.4 is 15.4 Å². The van der Waals surface area contributed by atoms with Crippen molar-refractivity contribution >= 4 is 5.91 Å². The molecule has 1 fully saturated rings. The minimum atomic E-state index is -0.390. The van der Waals surface area contributed by atoms with Gasteiger partial charge in [0, 0.05) is 19.1 Å². The predicted molar refractivity (Wildman–Crippen MR) is 77.5 cm³/mol. The highest BCUT2D eigenvalue weighted by molar-refractivity contribution is 5.81. The monoisotopic (exact) mass is 277 g/mol. The Balaban J connectivity index is 1.90. The average molecular weight is 277 g/mol. The minimum Gasteiger partial charge on any atom is -0.479 e. The van der Waals surface area contributed by atoms with E-state index in [4.69, 9.17) is 4.74 Å². The molecule has 1 aromatic heterocycles. The fourth-order valence-electron chi connectivity index (χ4n) is 2.08. The van der Waals surface area contributed by atoms with Gasteiger partial charge in [0.25, 0.3) is 5.91 Å². The van der Waals surface area contributed by atoms with Crippen molar-refractivity contribution in [3.63, 3.8) is 0 Å². The van der Waals surface area contributed by atoms with Crippen LogP contribution in [-0.4, -0.2) is 29.6 Å². The molecule has 1 saturated heterocycles. The smallest absolute Gasteiger partial charge is 0.261 e. The molecular formula is C15H23N3O2. The van der Waals surface area contributed by atoms with Gasteiger partial charge in [0.05, 0.1) is 11.9 Å². The van der Waals surface area contributed by atoms with Gasteiger partial charge in [-0.25, -0.2) is 0 Å². The Bertz CT molecular complexity index is 431. The number of carbonyl (C=O) groups excluding carboxylic acids is 1. The number of nitrogens with one attached hydrogen (secondary N) is 2. The molecule has 0 radical (unpaired) electrons. The molecule has 2 N–H and O–H groups in total. The predicted octanol–water partition coefficient (Wildman–Crippen LogP) is 1.63. The maximum atomic E-state index is 11.8. The van der Waals surface area contributed by atoms with Crippen LogP contribution in [0.3, 0.4) is 0 Å². The van der Waals surface area contributed by atoms with Crippen molar-refractivity contribution < 1.29 is 9.53 Å². The van der Waals surface area contributed by atoms with Crippen LogP contribution in [-0.2, 0) is 11.3 Å². The molecule has 0 bridgehead atoms. The van der Waals surface area contributed by atoms with Gasteiger partial charge in [-0.1, -0.05) is 13.8 Å². The van der Waals surface area contributed by atoms with Crippen LogP contribution in [0, 0.1) is 0 Å². The summed E-state index contributed by atoms with van der Waals surface area (Å²) in [6, 6.07) is 4.24. The Kier molecular flexibility index (Phi) is 5.35. The molecule has 1 aliphatic rings. The van der Waals surface area contributed by atoms with Crippen molar-refractivity contribution in [2.24, 2.45) is 0 Å². The lowest BCUT2D eigenvalue weighted by Gasteiger charge is -2.15. The number of ether oxygens (including phenoxy) is 1. The molecule has 110 valence electrons. The molecule has 1 amide bonds. The van der Waals surface area contributed by atoms with E-state index in [0.29, 0.717) is 11.8 Å². The minimum absolute atomic E-state index is 0.0203. The number of hydrogen-bond donors (Lipinski definition) is 2. The van der Waals surface area contributed by atoms with E-state index < -0.39 is 0 Å². The largest absolute Gasteiger partial charge is 0.479 e. The van der Waals surface area contributed by atoms with Crippen molar-refractivity contribution in [3.05, 3.63) is 24.0 Å². The number of nitrogens with zero attached hydrogens (tertiary/aromatic N) is 1. The summed E-state index contributed by atoms with van der Waals surface area (Å²) in [6.45, 7) is 5.68. The Labute approximate surface area is 120 Å². The lowest BCUT2D eigenvalue weighted by molar-refractivity contribution is -0.127. The van der Waals surface area contributed by atoms with Crippen molar-refractivity contribution in [2.75, 3.05) is 6.54 Å². The lowest BCUT2D eigenvalue weighted by Crippen LogP contribution is -2.36. The van der Waals surface area contributed by atoms with Crippen molar-refractivity contribution in [1.29, 1.82) is 0 Å². The van der Waals surface area contributed by atoms with Crippen LogP contribution in [0.4, 0.5) is 0 Å². The number of carbonyl (C=O) groups is 1. The third kappa shape index (κ3) is 4.49. The molecule has 2 rings (SSSR count). The zero-order chi connectivity index (χ0) is 14.4. The second kappa shape index (κ2) is 7.24. The summed E-state index contributed by atoms with van der Waals surface area (Å²) in [5, 5.41) is 6.18. The van der Waals surface area contributed by atoms with Gasteiger partial charge in [-0.3, -0.25) is 9.78 Å². The summed E-state index contributed by atoms with van der Waals surface area (Å²) < 4.78 is 5.73. The molecule has 0 spiro atoms. The normalized spacial score (nSPS) is 19.6. The molecule has 1 aliphatic heterocycles. The van der Waals surface area contributed by atoms with E-state index in [9.17, 15) is 4.79 Å². The highest BCUT2D eigenvalue weighted by Gasteiger charge is 2.22. The first-order valence-electron chi connectivity index (χ1n) is 7.28. The van der Waals surface area contributed by atoms with Crippen LogP contribution in [0.15, 0.2) is 18.3 Å². The van der Waals surface area contributed by atoms with Crippen LogP contribution >= 0.6 is 0 Å². The van der Waals surface area contributed by atoms with E-state index in [1.165, 1.54) is 0 Å². The number of amides is 1. The lowest BCUT2D eigenvalue weighted by atomic mass is 10.2. The zero-order valence-corrected chi connectivity index (χ0v) is 12.2. The van der Waals surface area contributed by atoms with E-state index in [0.717, 1.165) is 38.0 Å². The molecule has 5 nitrogen and oxygen atoms in total. The fraction of sp³-hybridized carbons (Fsp3) is 0.600. The number of rotatable bonds is 5. The third-order valence-corrected chi connectivity index (χ3v) is 3.25. The van der Waals surface area contributed by atoms with Gasteiger partial charge in [0.15, 0.2) is 6.10 Å². The standard InChI is InChI=1S/C15H23N3O2/c1-11(2)17-9-12-6-7-13(10-18-12)20-14-5-3-4-8-16-15(14)19/h6-7,10-11,14,17H,3-5,8-9H2,1-2H3,(H,16,19). The van der Waals surface area contributed by atoms with Gasteiger partial charge in [0.1, 0.15) is 5.75 Å². The van der Waals surface area contributed by atoms with Gasteiger partial charge >= 0.3 is 0 Å². The summed E-state index contributed by atoms with van der Waals surface area (Å²) in [6.07, 6.45) is 4.09. The molecule has 5 heteroatoms. The van der Waals surface area contributed by atoms with Crippen molar-refractivity contribution in [2.45, 2.75) is 51.8 Å². The van der Waals surface area contributed by atoms with E-state index in [1.807, 2.05) is 12.1 Å². The molecule has 1 aromatic rings. The summed E-state index contributed by atoms with van der Waals surface area (Å²) in [5.74, 6) is 0.633. The van der Waals surface area contributed by atoms with Gasteiger partial charge < -0.3 is 15.4 Å². The Morgan fingerprint density at radius 2 is 2.30 bits per heavy atom. The zero-order valence-electron chi connectivity index (χ0n) is 12.2. The molecule has 0 saturated carbocycles. The summed E-state index contributed by atoms with van der Waals surface area (Å²) in [7, 11) is 0. The Morgan fingerprint density at radius 1 is 1.45 bits per heavy atom. The molecule has 0 aliphatic carbocycles. The van der Waals surface area contributed by atoms with Crippen molar-refractivity contribution in [3.8, 4) is 5.75 Å². The van der Waals surface area contributed by atoms with Gasteiger partial charge in [0.2, 0.25) is 0 Å². The molecule has 2 heterocycles. The Hall–Kier alpha value is -1.62. The second-order valence-electron chi connectivity index (χ2n) is 5.41. The highest BCUT2D eigenvalue weighted by Crippen LogP contribution is 2.16. The third-order valence-electron chi connectivity index (χ3n) is 3.25. The summed E-state index contributed by atoms with van der Waals surface area (Å²) in [4.78, 5) is 16.1. The van der Waals surface area contributed by atoms with E-state index >= 15 is 0 Å². The van der Waals surface area contributed by atoms with Gasteiger partial charge in [-0.15, -0.1) is 0 Å². The molecule has 20 heavy (non-hydrogen) atoms. The van der Waals surface area contributed by atoms with Crippen LogP contribution in [0.5, 0.6) is 5.75 Å². The van der Waals surface area contributed by atoms with Crippen LogP contribution in [0.2, 0.25) is 0 Å². The second-order valence-corrected chi connectivity index (χ2v) is 5.41. The van der Waals surface area contributed by atoms with E-state index in [1.54, 1.807) is 6.20 Å². The molecular weight excluding hydrogens is 254 g/mol. The van der Waals surface area contributed by atoms with E-state index in [2.05, 4.69) is 29.5 Å². The molecule has 0 aromatic carbocycles. The van der Waals surface area contributed by atoms with Crippen molar-refractivity contribution in [1.82, 2.24) is 15.6 Å². The molecule has 1 unspecified atom stereocenters. The maximum Gasteiger partial charge on any atom is 0.261 e. The number of hydrogen-bond acceptors (Lipinski definition) is 4. The van der Waals surface area contributed by atoms with Gasteiger partial charge in [-0.2, -0.15) is 0 Å². The Morgan fingerprint density at radius 3 is 3.00 bits per heavy atom. The quantitative estimate of drug-likeness (QED) is 0.858. The van der Waals surface area contributed by atoms with E-state index in [-0.39, 0.29) is 12.0 Å². The summed E-state index contributed by atoms with van der Waals surface area (Å²) in [5.41, 5.74) is 0.969. The molecule has 1 atom stereocenters. The first-order chi connectivity index (χ1) is 9.65. The van der Waals surface area contributed by atoms with Gasteiger partial charge in [-0.05, 0) is 31.4 Å². The topological polar surface area (TPSA) is 63.2 Å². The maximum absolute atomic E-state index is 11.8. The fourth-order valence-corrected chi connectivity index (χ4v) is 2.08. The van der Waals surface area contributed by atoms with Crippen LogP contribution in [0.1, 0.15) is 38.8 Å².